The van der Waals surface area contributed by atoms with Gasteiger partial charge in [0.25, 0.3) is 22.3 Å². The van der Waals surface area contributed by atoms with Gasteiger partial charge in [-0.05, 0) is 41.7 Å². The van der Waals surface area contributed by atoms with Crippen LogP contribution in [0.4, 0.5) is 31.8 Å². The number of rotatable bonds is 13. The molecule has 4 aromatic rings. The monoisotopic (exact) mass is 802 g/mol. The number of carbonyl (C=O) groups excluding carboxylic acids is 6. The molecule has 0 aliphatic carbocycles. The summed E-state index contributed by atoms with van der Waals surface area (Å²) in [5.41, 5.74) is 8.40. The van der Waals surface area contributed by atoms with Crippen molar-refractivity contribution in [2.75, 3.05) is 47.6 Å². The number of amides is 6. The van der Waals surface area contributed by atoms with E-state index in [4.69, 9.17) is 10.5 Å². The van der Waals surface area contributed by atoms with Crippen LogP contribution in [0, 0.1) is 0 Å². The molecular weight excluding hydrogens is 767 g/mol. The Morgan fingerprint density at radius 1 is 0.964 bits per heavy atom. The minimum absolute atomic E-state index is 0.0267. The topological polar surface area (TPSA) is 263 Å². The van der Waals surface area contributed by atoms with Crippen LogP contribution in [0.5, 0.6) is 0 Å². The van der Waals surface area contributed by atoms with Crippen molar-refractivity contribution in [1.82, 2.24) is 35.1 Å². The molecule has 2 fully saturated rings. The van der Waals surface area contributed by atoms with E-state index in [0.29, 0.717) is 28.5 Å². The molecule has 2 aliphatic heterocycles. The van der Waals surface area contributed by atoms with Crippen LogP contribution in [0.3, 0.4) is 0 Å². The lowest BCUT2D eigenvalue weighted by Gasteiger charge is -2.23. The number of carbonyl (C=O) groups is 6. The molecule has 0 bridgehead atoms. The largest absolute Gasteiger partial charge is 0.488 e. The molecule has 1 unspecified atom stereocenters. The Morgan fingerprint density at radius 3 is 2.29 bits per heavy atom. The van der Waals surface area contributed by atoms with E-state index < -0.39 is 42.2 Å². The smallest absolute Gasteiger partial charge is 0.444 e. The van der Waals surface area contributed by atoms with E-state index in [1.807, 2.05) is 4.90 Å². The van der Waals surface area contributed by atoms with Crippen molar-refractivity contribution in [3.05, 3.63) is 71.5 Å². The zero-order valence-corrected chi connectivity index (χ0v) is 31.4. The third-order valence-electron chi connectivity index (χ3n) is 8.65. The molecule has 290 valence electrons. The number of anilines is 3. The van der Waals surface area contributed by atoms with Crippen molar-refractivity contribution < 1.29 is 43.6 Å². The SMILES string of the molecule is CN(Cc1cnc2nc(N)nc(NC(=O)OCc3ccc(B(O)O)cc3)c2n1)c1ccc(C(=O)NC(CCC(=O)N2CCSC2=O)C(=O)N2CCSC2=O)cc1. The molecule has 4 heterocycles. The van der Waals surface area contributed by atoms with E-state index in [0.717, 1.165) is 33.3 Å². The van der Waals surface area contributed by atoms with E-state index in [2.05, 4.69) is 30.6 Å². The van der Waals surface area contributed by atoms with Gasteiger partial charge in [0, 0.05) is 49.3 Å². The second-order valence-corrected chi connectivity index (χ2v) is 14.6. The van der Waals surface area contributed by atoms with Crippen LogP contribution >= 0.6 is 23.5 Å². The molecule has 6 rings (SSSR count). The number of nitrogens with zero attached hydrogens (tertiary/aromatic N) is 7. The van der Waals surface area contributed by atoms with Gasteiger partial charge in [-0.25, -0.2) is 14.8 Å². The number of ether oxygens (including phenoxy) is 1. The van der Waals surface area contributed by atoms with Crippen molar-refractivity contribution in [3.8, 4) is 0 Å². The lowest BCUT2D eigenvalue weighted by molar-refractivity contribution is -0.130. The molecule has 6 amide bonds. The lowest BCUT2D eigenvalue weighted by Crippen LogP contribution is -2.49. The summed E-state index contributed by atoms with van der Waals surface area (Å²) in [6, 6.07) is 11.5. The van der Waals surface area contributed by atoms with Crippen molar-refractivity contribution in [2.45, 2.75) is 32.0 Å². The highest BCUT2D eigenvalue weighted by atomic mass is 32.2. The second kappa shape index (κ2) is 17.7. The van der Waals surface area contributed by atoms with Gasteiger partial charge in [-0.2, -0.15) is 9.97 Å². The number of hydrogen-bond donors (Lipinski definition) is 5. The molecule has 2 aromatic carbocycles. The summed E-state index contributed by atoms with van der Waals surface area (Å²) in [5.74, 6) is -0.922. The van der Waals surface area contributed by atoms with Gasteiger partial charge >= 0.3 is 13.2 Å². The van der Waals surface area contributed by atoms with Gasteiger partial charge in [-0.15, -0.1) is 0 Å². The first-order valence-corrected chi connectivity index (χ1v) is 19.1. The molecule has 0 spiro atoms. The number of benzene rings is 2. The van der Waals surface area contributed by atoms with Gasteiger partial charge in [-0.3, -0.25) is 39.1 Å². The number of imide groups is 2. The number of hydrogen-bond acceptors (Lipinski definition) is 17. The standard InChI is InChI=1S/C34H35BN10O9S2/c1-43(17-22-16-37-27-26(38-22)28(41-31(36)40-27)42-32(49)54-18-19-2-6-21(7-3-19)35(52)53)23-8-4-20(5-9-23)29(47)39-24(30(48)45-13-15-56-34(45)51)10-11-25(46)44-12-14-55-33(44)50/h2-9,16,24,52-53H,10-15,17-18H2,1H3,(H,39,47)(H3,36,37,40,41,42,49). The highest BCUT2D eigenvalue weighted by Crippen LogP contribution is 2.23. The fourth-order valence-electron chi connectivity index (χ4n) is 5.70. The Hall–Kier alpha value is -5.84. The molecule has 2 aromatic heterocycles. The number of nitrogens with one attached hydrogen (secondary N) is 2. The second-order valence-electron chi connectivity index (χ2n) is 12.5. The first-order valence-electron chi connectivity index (χ1n) is 17.1. The van der Waals surface area contributed by atoms with Crippen LogP contribution < -0.4 is 26.7 Å². The van der Waals surface area contributed by atoms with Crippen molar-refractivity contribution in [2.24, 2.45) is 0 Å². The number of thioether (sulfide) groups is 2. The Bertz CT molecular complexity index is 2170. The normalized spacial score (nSPS) is 14.5. The number of aromatic nitrogens is 4. The summed E-state index contributed by atoms with van der Waals surface area (Å²) in [6.45, 7) is 0.577. The molecule has 19 nitrogen and oxygen atoms in total. The molecule has 6 N–H and O–H groups in total. The van der Waals surface area contributed by atoms with Crippen LogP contribution in [0.15, 0.2) is 54.7 Å². The summed E-state index contributed by atoms with van der Waals surface area (Å²) < 4.78 is 5.28. The fraction of sp³-hybridized carbons (Fsp3) is 0.294. The van der Waals surface area contributed by atoms with Gasteiger partial charge in [0.1, 0.15) is 12.6 Å². The van der Waals surface area contributed by atoms with E-state index in [9.17, 15) is 38.8 Å². The lowest BCUT2D eigenvalue weighted by atomic mass is 9.80. The molecule has 22 heteroatoms. The number of fused-ring (bicyclic) bond motifs is 1. The Balaban J connectivity index is 1.09. The minimum atomic E-state index is -1.62. The molecule has 0 radical (unpaired) electrons. The van der Waals surface area contributed by atoms with Crippen LogP contribution in [0.2, 0.25) is 0 Å². The zero-order chi connectivity index (χ0) is 39.9. The quantitative estimate of drug-likeness (QED) is 0.119. The first-order chi connectivity index (χ1) is 26.9. The van der Waals surface area contributed by atoms with Crippen molar-refractivity contribution in [3.63, 3.8) is 0 Å². The fourth-order valence-corrected chi connectivity index (χ4v) is 7.28. The summed E-state index contributed by atoms with van der Waals surface area (Å²) >= 11 is 2.03. The molecular formula is C34H35BN10O9S2. The number of nitrogens with two attached hydrogens (primary N) is 1. The van der Waals surface area contributed by atoms with E-state index in [-0.39, 0.29) is 78.3 Å². The van der Waals surface area contributed by atoms with Crippen LogP contribution in [0.25, 0.3) is 11.2 Å². The summed E-state index contributed by atoms with van der Waals surface area (Å²) in [6.07, 6.45) is 0.374. The Kier molecular flexibility index (Phi) is 12.6. The Labute approximate surface area is 327 Å². The molecule has 56 heavy (non-hydrogen) atoms. The van der Waals surface area contributed by atoms with Gasteiger partial charge in [0.05, 0.1) is 18.4 Å². The van der Waals surface area contributed by atoms with Crippen LogP contribution in [0.1, 0.15) is 34.5 Å². The number of nitrogen functional groups attached to an aromatic ring is 1. The van der Waals surface area contributed by atoms with Gasteiger partial charge in [0.2, 0.25) is 11.9 Å². The predicted molar refractivity (Wildman–Crippen MR) is 208 cm³/mol. The van der Waals surface area contributed by atoms with Gasteiger partial charge < -0.3 is 30.7 Å². The van der Waals surface area contributed by atoms with Crippen LogP contribution in [-0.2, 0) is 27.5 Å². The third kappa shape index (κ3) is 9.69. The highest BCUT2D eigenvalue weighted by Gasteiger charge is 2.35. The maximum atomic E-state index is 13.4. The molecule has 2 aliphatic rings. The summed E-state index contributed by atoms with van der Waals surface area (Å²) in [4.78, 5) is 97.5. The first kappa shape index (κ1) is 39.8. The zero-order valence-electron chi connectivity index (χ0n) is 29.8. The maximum Gasteiger partial charge on any atom is 0.488 e. The van der Waals surface area contributed by atoms with Gasteiger partial charge in [-0.1, -0.05) is 47.8 Å². The Morgan fingerprint density at radius 2 is 1.64 bits per heavy atom. The predicted octanol–water partition coefficient (Wildman–Crippen LogP) is 1.34. The van der Waals surface area contributed by atoms with Crippen molar-refractivity contribution in [1.29, 1.82) is 0 Å². The summed E-state index contributed by atoms with van der Waals surface area (Å²) in [5, 5.41) is 22.9. The highest BCUT2D eigenvalue weighted by molar-refractivity contribution is 8.14. The summed E-state index contributed by atoms with van der Waals surface area (Å²) in [7, 11) is 0.165. The molecule has 0 saturated carbocycles. The average Bonchev–Trinajstić information content (AvgIpc) is 3.83. The van der Waals surface area contributed by atoms with Crippen molar-refractivity contribution >= 4 is 99.0 Å². The average molecular weight is 803 g/mol. The van der Waals surface area contributed by atoms with Gasteiger partial charge in [0.15, 0.2) is 17.0 Å². The van der Waals surface area contributed by atoms with E-state index >= 15 is 0 Å². The molecule has 1 atom stereocenters. The molecule has 2 saturated heterocycles. The van der Waals surface area contributed by atoms with Crippen LogP contribution in [-0.4, -0.2) is 119 Å². The van der Waals surface area contributed by atoms with E-state index in [1.165, 1.54) is 18.3 Å². The van der Waals surface area contributed by atoms with E-state index in [1.54, 1.807) is 43.4 Å². The maximum absolute atomic E-state index is 13.4. The minimum Gasteiger partial charge on any atom is -0.444 e. The third-order valence-corrected chi connectivity index (χ3v) is 10.4.